The number of amides is 2. The Bertz CT molecular complexity index is 624. The van der Waals surface area contributed by atoms with Crippen LogP contribution in [-0.4, -0.2) is 28.9 Å². The van der Waals surface area contributed by atoms with Crippen molar-refractivity contribution in [2.24, 2.45) is 11.8 Å². The SMILES string of the molecule is O=C(NC1CC1)c1ccccc1NC(=O)C1CCC1C(=O)O. The molecule has 3 N–H and O–H groups in total. The van der Waals surface area contributed by atoms with E-state index in [1.807, 2.05) is 0 Å². The van der Waals surface area contributed by atoms with Gasteiger partial charge in [-0.3, -0.25) is 14.4 Å². The van der Waals surface area contributed by atoms with E-state index >= 15 is 0 Å². The standard InChI is InChI=1S/C16H18N2O4/c19-14(10-7-8-11(10)16(21)22)18-13-4-2-1-3-12(13)15(20)17-9-5-6-9/h1-4,9-11H,5-8H2,(H,17,20)(H,18,19)(H,21,22). The van der Waals surface area contributed by atoms with E-state index in [1.165, 1.54) is 0 Å². The highest BCUT2D eigenvalue weighted by Gasteiger charge is 2.41. The number of para-hydroxylation sites is 1. The van der Waals surface area contributed by atoms with Gasteiger partial charge in [0.15, 0.2) is 0 Å². The van der Waals surface area contributed by atoms with Crippen LogP contribution in [-0.2, 0) is 9.59 Å². The van der Waals surface area contributed by atoms with Gasteiger partial charge in [0.25, 0.3) is 5.91 Å². The van der Waals surface area contributed by atoms with Crippen molar-refractivity contribution in [1.29, 1.82) is 0 Å². The van der Waals surface area contributed by atoms with Crippen LogP contribution in [0.1, 0.15) is 36.0 Å². The molecule has 3 rings (SSSR count). The van der Waals surface area contributed by atoms with Crippen molar-refractivity contribution in [2.45, 2.75) is 31.7 Å². The third-order valence-corrected chi connectivity index (χ3v) is 4.27. The molecule has 2 atom stereocenters. The first-order valence-corrected chi connectivity index (χ1v) is 7.50. The van der Waals surface area contributed by atoms with Crippen molar-refractivity contribution < 1.29 is 19.5 Å². The lowest BCUT2D eigenvalue weighted by atomic mass is 9.73. The number of carboxylic acids is 1. The van der Waals surface area contributed by atoms with E-state index < -0.39 is 17.8 Å². The number of rotatable bonds is 5. The van der Waals surface area contributed by atoms with Crippen LogP contribution in [0.2, 0.25) is 0 Å². The molecule has 2 amide bonds. The lowest BCUT2D eigenvalue weighted by molar-refractivity contribution is -0.151. The Kier molecular flexibility index (Phi) is 3.83. The maximum atomic E-state index is 12.2. The number of hydrogen-bond acceptors (Lipinski definition) is 3. The van der Waals surface area contributed by atoms with Crippen molar-refractivity contribution in [3.63, 3.8) is 0 Å². The van der Waals surface area contributed by atoms with Crippen molar-refractivity contribution >= 4 is 23.5 Å². The molecule has 116 valence electrons. The highest BCUT2D eigenvalue weighted by molar-refractivity contribution is 6.05. The van der Waals surface area contributed by atoms with E-state index in [4.69, 9.17) is 5.11 Å². The number of aliphatic carboxylic acids is 1. The predicted molar refractivity (Wildman–Crippen MR) is 79.4 cm³/mol. The monoisotopic (exact) mass is 302 g/mol. The summed E-state index contributed by atoms with van der Waals surface area (Å²) in [5.74, 6) is -2.61. The first-order chi connectivity index (χ1) is 10.6. The zero-order chi connectivity index (χ0) is 15.7. The van der Waals surface area contributed by atoms with Crippen molar-refractivity contribution in [2.75, 3.05) is 5.32 Å². The minimum atomic E-state index is -0.939. The van der Waals surface area contributed by atoms with Crippen LogP contribution in [0.15, 0.2) is 24.3 Å². The minimum absolute atomic E-state index is 0.207. The lowest BCUT2D eigenvalue weighted by Crippen LogP contribution is -2.41. The van der Waals surface area contributed by atoms with Gasteiger partial charge in [0, 0.05) is 6.04 Å². The molecule has 6 heteroatoms. The largest absolute Gasteiger partial charge is 0.481 e. The summed E-state index contributed by atoms with van der Waals surface area (Å²) in [6, 6.07) is 7.02. The Morgan fingerprint density at radius 1 is 1.00 bits per heavy atom. The number of anilines is 1. The molecule has 0 saturated heterocycles. The Hall–Kier alpha value is -2.37. The highest BCUT2D eigenvalue weighted by atomic mass is 16.4. The van der Waals surface area contributed by atoms with Gasteiger partial charge >= 0.3 is 5.97 Å². The summed E-state index contributed by atoms with van der Waals surface area (Å²) in [5.41, 5.74) is 0.843. The Balaban J connectivity index is 1.70. The normalized spacial score (nSPS) is 23.3. The van der Waals surface area contributed by atoms with Gasteiger partial charge in [-0.25, -0.2) is 0 Å². The molecule has 1 aromatic rings. The van der Waals surface area contributed by atoms with Gasteiger partial charge in [-0.2, -0.15) is 0 Å². The summed E-state index contributed by atoms with van der Waals surface area (Å²) in [6.07, 6.45) is 3.07. The molecule has 0 spiro atoms. The summed E-state index contributed by atoms with van der Waals surface area (Å²) in [4.78, 5) is 35.4. The van der Waals surface area contributed by atoms with E-state index in [0.29, 0.717) is 24.1 Å². The van der Waals surface area contributed by atoms with E-state index in [9.17, 15) is 14.4 Å². The van der Waals surface area contributed by atoms with Crippen LogP contribution in [0.4, 0.5) is 5.69 Å². The maximum absolute atomic E-state index is 12.2. The van der Waals surface area contributed by atoms with E-state index in [0.717, 1.165) is 12.8 Å². The topological polar surface area (TPSA) is 95.5 Å². The third-order valence-electron chi connectivity index (χ3n) is 4.27. The highest BCUT2D eigenvalue weighted by Crippen LogP contribution is 2.35. The molecule has 0 aliphatic heterocycles. The molecule has 0 heterocycles. The maximum Gasteiger partial charge on any atom is 0.307 e. The molecule has 22 heavy (non-hydrogen) atoms. The van der Waals surface area contributed by atoms with Crippen LogP contribution in [0.3, 0.4) is 0 Å². The summed E-state index contributed by atoms with van der Waals surface area (Å²) in [6.45, 7) is 0. The van der Waals surface area contributed by atoms with Gasteiger partial charge in [0.1, 0.15) is 0 Å². The van der Waals surface area contributed by atoms with Gasteiger partial charge in [0.05, 0.1) is 23.1 Å². The second kappa shape index (κ2) is 5.79. The Morgan fingerprint density at radius 2 is 1.68 bits per heavy atom. The zero-order valence-electron chi connectivity index (χ0n) is 12.0. The fourth-order valence-corrected chi connectivity index (χ4v) is 2.62. The van der Waals surface area contributed by atoms with Crippen molar-refractivity contribution in [3.05, 3.63) is 29.8 Å². The van der Waals surface area contributed by atoms with Crippen LogP contribution in [0, 0.1) is 11.8 Å². The van der Waals surface area contributed by atoms with Gasteiger partial charge in [-0.1, -0.05) is 12.1 Å². The second-order valence-electron chi connectivity index (χ2n) is 5.91. The number of benzene rings is 1. The average molecular weight is 302 g/mol. The quantitative estimate of drug-likeness (QED) is 0.770. The fourth-order valence-electron chi connectivity index (χ4n) is 2.62. The zero-order valence-corrected chi connectivity index (χ0v) is 12.0. The molecule has 1 aromatic carbocycles. The summed E-state index contributed by atoms with van der Waals surface area (Å²) in [5, 5.41) is 14.6. The summed E-state index contributed by atoms with van der Waals surface area (Å²) in [7, 11) is 0. The molecular weight excluding hydrogens is 284 g/mol. The number of carbonyl (C=O) groups excluding carboxylic acids is 2. The lowest BCUT2D eigenvalue weighted by Gasteiger charge is -2.32. The predicted octanol–water partition coefficient (Wildman–Crippen LogP) is 1.63. The molecule has 2 unspecified atom stereocenters. The molecule has 0 aromatic heterocycles. The van der Waals surface area contributed by atoms with Crippen molar-refractivity contribution in [1.82, 2.24) is 5.32 Å². The van der Waals surface area contributed by atoms with Crippen LogP contribution < -0.4 is 10.6 Å². The summed E-state index contributed by atoms with van der Waals surface area (Å²) >= 11 is 0. The number of hydrogen-bond donors (Lipinski definition) is 3. The fraction of sp³-hybridized carbons (Fsp3) is 0.438. The second-order valence-corrected chi connectivity index (χ2v) is 5.91. The average Bonchev–Trinajstić information content (AvgIpc) is 3.21. The van der Waals surface area contributed by atoms with Gasteiger partial charge in [0.2, 0.25) is 5.91 Å². The Morgan fingerprint density at radius 3 is 2.27 bits per heavy atom. The third kappa shape index (κ3) is 2.95. The van der Waals surface area contributed by atoms with Crippen molar-refractivity contribution in [3.8, 4) is 0 Å². The van der Waals surface area contributed by atoms with Gasteiger partial charge in [-0.05, 0) is 37.8 Å². The summed E-state index contributed by atoms with van der Waals surface area (Å²) < 4.78 is 0. The first kappa shape index (κ1) is 14.6. The molecule has 2 fully saturated rings. The van der Waals surface area contributed by atoms with Gasteiger partial charge < -0.3 is 15.7 Å². The number of nitrogens with one attached hydrogen (secondary N) is 2. The molecular formula is C16H18N2O4. The van der Waals surface area contributed by atoms with Crippen LogP contribution >= 0.6 is 0 Å². The molecule has 6 nitrogen and oxygen atoms in total. The molecule has 2 aliphatic carbocycles. The van der Waals surface area contributed by atoms with Crippen LogP contribution in [0.25, 0.3) is 0 Å². The Labute approximate surface area is 127 Å². The molecule has 2 aliphatic rings. The molecule has 0 bridgehead atoms. The van der Waals surface area contributed by atoms with Gasteiger partial charge in [-0.15, -0.1) is 0 Å². The number of carbonyl (C=O) groups is 3. The smallest absolute Gasteiger partial charge is 0.307 e. The minimum Gasteiger partial charge on any atom is -0.481 e. The first-order valence-electron chi connectivity index (χ1n) is 7.50. The number of carboxylic acid groups (broad SMARTS) is 1. The molecule has 0 radical (unpaired) electrons. The van der Waals surface area contributed by atoms with E-state index in [1.54, 1.807) is 24.3 Å². The van der Waals surface area contributed by atoms with E-state index in [2.05, 4.69) is 10.6 Å². The van der Waals surface area contributed by atoms with E-state index in [-0.39, 0.29) is 17.9 Å². The van der Waals surface area contributed by atoms with Crippen LogP contribution in [0.5, 0.6) is 0 Å². The molecule has 2 saturated carbocycles.